The van der Waals surface area contributed by atoms with Crippen molar-refractivity contribution < 1.29 is 24.2 Å². The summed E-state index contributed by atoms with van der Waals surface area (Å²) < 4.78 is 11.6. The zero-order chi connectivity index (χ0) is 42.2. The number of carboxylic acid groups (broad SMARTS) is 1. The van der Waals surface area contributed by atoms with Gasteiger partial charge in [0, 0.05) is 57.6 Å². The summed E-state index contributed by atoms with van der Waals surface area (Å²) in [5, 5.41) is 24.5. The number of aromatic nitrogens is 6. The van der Waals surface area contributed by atoms with Crippen molar-refractivity contribution in [2.45, 2.75) is 118 Å². The third-order valence-electron chi connectivity index (χ3n) is 9.90. The van der Waals surface area contributed by atoms with Crippen LogP contribution in [0.3, 0.4) is 0 Å². The number of nitrogens with zero attached hydrogens (tertiary/aromatic N) is 4. The van der Waals surface area contributed by atoms with E-state index in [1.807, 2.05) is 56.3 Å². The number of aromatic amines is 2. The van der Waals surface area contributed by atoms with Crippen molar-refractivity contribution in [3.05, 3.63) is 107 Å². The smallest absolute Gasteiger partial charge is 0.310 e. The van der Waals surface area contributed by atoms with Gasteiger partial charge < -0.3 is 20.3 Å². The standard InChI is InChI=1S/C25H33N3O2.C11H18N2O.C10H10N2O2/c1-6-7-14-30-24-18(10-13-23(27-24)25(3,4)5)9-12-22(29)17(2)19-8-11-21-20(15-19)16-26-28-21;1-3-4-7-14-11-10(8-12)6-5-9(2)13-11;1-6(10(13)14)7-2-3-9-8(4-7)5-11-12-9/h8,10-11,13,15-17H,6-7,9,12,14H2,1-5H3,(H,26,28);5-6H,3-4,7-8,12H2,1-2H3;2-6H,1H3,(H,11,12)(H,13,14). The summed E-state index contributed by atoms with van der Waals surface area (Å²) in [6.07, 6.45) is 8.83. The van der Waals surface area contributed by atoms with E-state index in [-0.39, 0.29) is 17.1 Å². The molecule has 5 N–H and O–H groups in total. The lowest BCUT2D eigenvalue weighted by atomic mass is 9.90. The van der Waals surface area contributed by atoms with Crippen molar-refractivity contribution in [3.8, 4) is 11.8 Å². The largest absolute Gasteiger partial charge is 0.481 e. The van der Waals surface area contributed by atoms with Crippen molar-refractivity contribution in [1.82, 2.24) is 30.4 Å². The first-order valence-electron chi connectivity index (χ1n) is 20.3. The minimum atomic E-state index is -0.812. The number of fused-ring (bicyclic) bond motifs is 2. The molecule has 0 bridgehead atoms. The van der Waals surface area contributed by atoms with Gasteiger partial charge in [0.15, 0.2) is 0 Å². The molecule has 0 aliphatic carbocycles. The molecule has 0 fully saturated rings. The normalized spacial score (nSPS) is 12.2. The van der Waals surface area contributed by atoms with E-state index in [1.54, 1.807) is 25.4 Å². The first-order chi connectivity index (χ1) is 27.7. The molecule has 4 heterocycles. The molecular weight excluding hydrogens is 731 g/mol. The number of H-pyrrole nitrogens is 2. The van der Waals surface area contributed by atoms with E-state index in [2.05, 4.69) is 72.1 Å². The number of ether oxygens (including phenoxy) is 2. The van der Waals surface area contributed by atoms with E-state index in [0.717, 1.165) is 87.7 Å². The van der Waals surface area contributed by atoms with Crippen LogP contribution in [0.5, 0.6) is 11.8 Å². The lowest BCUT2D eigenvalue weighted by Gasteiger charge is -2.20. The van der Waals surface area contributed by atoms with Gasteiger partial charge in [-0.2, -0.15) is 10.2 Å². The Labute approximate surface area is 342 Å². The summed E-state index contributed by atoms with van der Waals surface area (Å²) in [5.74, 6) is 0.145. The fraction of sp³-hybridized carbons (Fsp3) is 0.435. The van der Waals surface area contributed by atoms with Crippen LogP contribution in [0.1, 0.15) is 126 Å². The quantitative estimate of drug-likeness (QED) is 0.0689. The second-order valence-corrected chi connectivity index (χ2v) is 15.6. The number of hydrogen-bond donors (Lipinski definition) is 4. The van der Waals surface area contributed by atoms with Gasteiger partial charge >= 0.3 is 5.97 Å². The number of rotatable bonds is 16. The first-order valence-corrected chi connectivity index (χ1v) is 20.3. The molecule has 58 heavy (non-hydrogen) atoms. The van der Waals surface area contributed by atoms with Crippen molar-refractivity contribution in [2.24, 2.45) is 5.73 Å². The van der Waals surface area contributed by atoms with Crippen LogP contribution in [0.15, 0.2) is 73.1 Å². The Hall–Kier alpha value is -5.62. The number of pyridine rings is 2. The number of aryl methyl sites for hydroxylation is 2. The Morgan fingerprint density at radius 2 is 1.29 bits per heavy atom. The summed E-state index contributed by atoms with van der Waals surface area (Å²) in [4.78, 5) is 32.7. The average molecular weight is 792 g/mol. The predicted molar refractivity (Wildman–Crippen MR) is 231 cm³/mol. The molecule has 12 nitrogen and oxygen atoms in total. The highest BCUT2D eigenvalue weighted by Gasteiger charge is 2.21. The van der Waals surface area contributed by atoms with Crippen molar-refractivity contribution >= 4 is 33.6 Å². The van der Waals surface area contributed by atoms with Crippen LogP contribution in [-0.2, 0) is 28.0 Å². The molecule has 0 spiro atoms. The molecule has 4 aromatic heterocycles. The molecule has 6 rings (SSSR count). The summed E-state index contributed by atoms with van der Waals surface area (Å²) in [6, 6.07) is 19.6. The Morgan fingerprint density at radius 1 is 0.759 bits per heavy atom. The van der Waals surface area contributed by atoms with Crippen LogP contribution in [-0.4, -0.2) is 60.4 Å². The van der Waals surface area contributed by atoms with E-state index in [4.69, 9.17) is 25.3 Å². The van der Waals surface area contributed by atoms with Crippen LogP contribution in [0.4, 0.5) is 0 Å². The second kappa shape index (κ2) is 21.8. The molecule has 2 atom stereocenters. The Kier molecular flexibility index (Phi) is 16.9. The zero-order valence-electron chi connectivity index (χ0n) is 35.4. The summed E-state index contributed by atoms with van der Waals surface area (Å²) in [7, 11) is 0. The Bertz CT molecular complexity index is 2220. The van der Waals surface area contributed by atoms with Gasteiger partial charge in [-0.05, 0) is 80.6 Å². The van der Waals surface area contributed by atoms with Gasteiger partial charge in [-0.1, -0.05) is 78.6 Å². The number of ketones is 1. The fourth-order valence-electron chi connectivity index (χ4n) is 5.93. The summed E-state index contributed by atoms with van der Waals surface area (Å²) in [5.41, 5.74) is 13.2. The van der Waals surface area contributed by atoms with Gasteiger partial charge in [-0.25, -0.2) is 9.97 Å². The average Bonchev–Trinajstić information content (AvgIpc) is 3.89. The van der Waals surface area contributed by atoms with Crippen molar-refractivity contribution in [3.63, 3.8) is 0 Å². The lowest BCUT2D eigenvalue weighted by Crippen LogP contribution is -2.16. The highest BCUT2D eigenvalue weighted by atomic mass is 16.5. The maximum Gasteiger partial charge on any atom is 0.310 e. The first kappa shape index (κ1) is 45.1. The number of carbonyl (C=O) groups excluding carboxylic acids is 1. The van der Waals surface area contributed by atoms with Gasteiger partial charge in [-0.15, -0.1) is 0 Å². The third kappa shape index (κ3) is 13.0. The molecule has 0 radical (unpaired) electrons. The molecule has 0 aliphatic heterocycles. The molecule has 6 aromatic rings. The topological polar surface area (TPSA) is 182 Å². The SMILES string of the molecule is CC(C(=O)O)c1ccc2[nH]ncc2c1.CCCCOc1nc(C(C)(C)C)ccc1CCC(=O)C(C)c1ccc2[nH]ncc2c1.CCCCOc1nc(C)ccc1CN. The van der Waals surface area contributed by atoms with Crippen LogP contribution in [0, 0.1) is 6.92 Å². The van der Waals surface area contributed by atoms with Crippen LogP contribution < -0.4 is 15.2 Å². The number of carboxylic acids is 1. The Balaban J connectivity index is 0.000000220. The molecule has 0 saturated heterocycles. The predicted octanol–water partition coefficient (Wildman–Crippen LogP) is 9.52. The third-order valence-corrected chi connectivity index (χ3v) is 9.90. The van der Waals surface area contributed by atoms with Gasteiger partial charge in [0.25, 0.3) is 0 Å². The maximum atomic E-state index is 12.9. The number of benzene rings is 2. The molecule has 2 unspecified atom stereocenters. The van der Waals surface area contributed by atoms with Gasteiger partial charge in [0.2, 0.25) is 11.8 Å². The fourth-order valence-corrected chi connectivity index (χ4v) is 5.93. The highest BCUT2D eigenvalue weighted by molar-refractivity contribution is 5.87. The minimum Gasteiger partial charge on any atom is -0.481 e. The van der Waals surface area contributed by atoms with E-state index in [1.165, 1.54) is 0 Å². The van der Waals surface area contributed by atoms with Gasteiger partial charge in [-0.3, -0.25) is 19.8 Å². The number of nitrogens with one attached hydrogen (secondary N) is 2. The molecule has 0 aliphatic rings. The lowest BCUT2D eigenvalue weighted by molar-refractivity contribution is -0.138. The molecule has 0 saturated carbocycles. The molecule has 0 amide bonds. The molecule has 2 aromatic carbocycles. The van der Waals surface area contributed by atoms with E-state index in [0.29, 0.717) is 37.8 Å². The minimum absolute atomic E-state index is 0.0442. The Morgan fingerprint density at radius 3 is 1.81 bits per heavy atom. The number of Topliss-reactive ketones (excluding diaryl/α,β-unsaturated/α-hetero) is 1. The monoisotopic (exact) mass is 791 g/mol. The van der Waals surface area contributed by atoms with Crippen molar-refractivity contribution in [1.29, 1.82) is 0 Å². The number of aliphatic carboxylic acids is 1. The van der Waals surface area contributed by atoms with Gasteiger partial charge in [0.05, 0.1) is 42.6 Å². The van der Waals surface area contributed by atoms with Crippen LogP contribution in [0.25, 0.3) is 21.8 Å². The molecular formula is C46H61N7O5. The van der Waals surface area contributed by atoms with Crippen LogP contribution >= 0.6 is 0 Å². The highest BCUT2D eigenvalue weighted by Crippen LogP contribution is 2.28. The van der Waals surface area contributed by atoms with Gasteiger partial charge in [0.1, 0.15) is 5.78 Å². The van der Waals surface area contributed by atoms with E-state index < -0.39 is 11.9 Å². The summed E-state index contributed by atoms with van der Waals surface area (Å²) in [6.45, 7) is 18.2. The van der Waals surface area contributed by atoms with Crippen molar-refractivity contribution in [2.75, 3.05) is 13.2 Å². The number of carbonyl (C=O) groups is 2. The van der Waals surface area contributed by atoms with E-state index in [9.17, 15) is 9.59 Å². The molecule has 310 valence electrons. The zero-order valence-corrected chi connectivity index (χ0v) is 35.4. The number of unbranched alkanes of at least 4 members (excludes halogenated alkanes) is 2. The van der Waals surface area contributed by atoms with E-state index >= 15 is 0 Å². The summed E-state index contributed by atoms with van der Waals surface area (Å²) >= 11 is 0. The number of nitrogens with two attached hydrogens (primary N) is 1. The number of hydrogen-bond acceptors (Lipinski definition) is 9. The molecule has 12 heteroatoms. The van der Waals surface area contributed by atoms with Crippen LogP contribution in [0.2, 0.25) is 0 Å². The maximum absolute atomic E-state index is 12.9. The second-order valence-electron chi connectivity index (χ2n) is 15.6.